The average molecular weight is 495 g/mol. The van der Waals surface area contributed by atoms with Gasteiger partial charge in [0.1, 0.15) is 19.0 Å². The standard InChI is InChI=1S/C26H38O9/c1-2-19(27)6-7-20-21-12-17-4-3-5-24(22(17)13-18(21)14-23(20)28)35-16-26(31)34-11-10-32-8-9-33-15-25(29)30/h3-5,18-21,23,27-28H,2,6-16H2,1H3,(H,29,30)/t18-,19-,20+,21-,23+/m0/s1. The van der Waals surface area contributed by atoms with Crippen LogP contribution in [0.4, 0.5) is 0 Å². The Kier molecular flexibility index (Phi) is 10.8. The van der Waals surface area contributed by atoms with E-state index in [-0.39, 0.29) is 57.8 Å². The average Bonchev–Trinajstić information content (AvgIpc) is 3.14. The van der Waals surface area contributed by atoms with Crippen molar-refractivity contribution in [1.82, 2.24) is 0 Å². The molecular weight excluding hydrogens is 456 g/mol. The van der Waals surface area contributed by atoms with Gasteiger partial charge in [0.25, 0.3) is 0 Å². The van der Waals surface area contributed by atoms with E-state index in [0.717, 1.165) is 44.1 Å². The van der Waals surface area contributed by atoms with Crippen molar-refractivity contribution < 1.29 is 43.9 Å². The van der Waals surface area contributed by atoms with Gasteiger partial charge in [0.05, 0.1) is 32.0 Å². The van der Waals surface area contributed by atoms with E-state index < -0.39 is 11.9 Å². The molecule has 9 heteroatoms. The summed E-state index contributed by atoms with van der Waals surface area (Å²) in [5.74, 6) is 0.134. The van der Waals surface area contributed by atoms with Crippen molar-refractivity contribution in [3.63, 3.8) is 0 Å². The molecule has 196 valence electrons. The van der Waals surface area contributed by atoms with Crippen LogP contribution < -0.4 is 4.74 Å². The van der Waals surface area contributed by atoms with E-state index in [1.54, 1.807) is 0 Å². The van der Waals surface area contributed by atoms with Gasteiger partial charge in [-0.2, -0.15) is 0 Å². The van der Waals surface area contributed by atoms with Gasteiger partial charge in [-0.1, -0.05) is 19.1 Å². The summed E-state index contributed by atoms with van der Waals surface area (Å²) in [5.41, 5.74) is 2.30. The summed E-state index contributed by atoms with van der Waals surface area (Å²) in [5, 5.41) is 29.1. The van der Waals surface area contributed by atoms with Gasteiger partial charge in [0, 0.05) is 0 Å². The van der Waals surface area contributed by atoms with Crippen LogP contribution in [0, 0.1) is 17.8 Å². The van der Waals surface area contributed by atoms with Crippen LogP contribution in [-0.2, 0) is 36.6 Å². The van der Waals surface area contributed by atoms with Crippen LogP contribution in [0.2, 0.25) is 0 Å². The number of esters is 1. The Bertz CT molecular complexity index is 827. The Morgan fingerprint density at radius 3 is 2.63 bits per heavy atom. The van der Waals surface area contributed by atoms with Gasteiger partial charge in [0.2, 0.25) is 0 Å². The molecule has 3 N–H and O–H groups in total. The monoisotopic (exact) mass is 494 g/mol. The minimum Gasteiger partial charge on any atom is -0.482 e. The lowest BCUT2D eigenvalue weighted by Gasteiger charge is -2.32. The topological polar surface area (TPSA) is 132 Å². The minimum atomic E-state index is -1.04. The van der Waals surface area contributed by atoms with Crippen molar-refractivity contribution in [2.45, 2.75) is 57.7 Å². The molecule has 1 aromatic carbocycles. The number of carboxylic acids is 1. The number of carbonyl (C=O) groups is 2. The zero-order valence-corrected chi connectivity index (χ0v) is 20.4. The summed E-state index contributed by atoms with van der Waals surface area (Å²) in [7, 11) is 0. The lowest BCUT2D eigenvalue weighted by Crippen LogP contribution is -2.28. The first kappa shape index (κ1) is 27.4. The molecule has 0 saturated heterocycles. The van der Waals surface area contributed by atoms with E-state index in [0.29, 0.717) is 17.6 Å². The third kappa shape index (κ3) is 8.17. The molecule has 0 amide bonds. The molecule has 3 rings (SSSR count). The molecule has 0 bridgehead atoms. The van der Waals surface area contributed by atoms with Gasteiger partial charge in [-0.05, 0) is 73.5 Å². The van der Waals surface area contributed by atoms with Crippen molar-refractivity contribution in [2.24, 2.45) is 17.8 Å². The largest absolute Gasteiger partial charge is 0.482 e. The van der Waals surface area contributed by atoms with Crippen molar-refractivity contribution in [2.75, 3.05) is 39.6 Å². The molecule has 0 aliphatic heterocycles. The number of hydrogen-bond acceptors (Lipinski definition) is 8. The fourth-order valence-electron chi connectivity index (χ4n) is 5.30. The molecule has 1 fully saturated rings. The number of ether oxygens (including phenoxy) is 4. The van der Waals surface area contributed by atoms with Gasteiger partial charge in [0.15, 0.2) is 6.61 Å². The molecule has 2 aliphatic rings. The van der Waals surface area contributed by atoms with Crippen LogP contribution in [0.25, 0.3) is 0 Å². The molecule has 2 aliphatic carbocycles. The SMILES string of the molecule is CC[C@H](O)CC[C@@H]1[C@H]2Cc3cccc(OCC(=O)OCCOCCOCC(=O)O)c3C[C@H]2C[C@H]1O. The Hall–Kier alpha value is -2.20. The fraction of sp³-hybridized carbons (Fsp3) is 0.692. The quantitative estimate of drug-likeness (QED) is 0.247. The summed E-state index contributed by atoms with van der Waals surface area (Å²) >= 11 is 0. The number of fused-ring (bicyclic) bond motifs is 2. The smallest absolute Gasteiger partial charge is 0.344 e. The third-order valence-corrected chi connectivity index (χ3v) is 7.08. The summed E-state index contributed by atoms with van der Waals surface area (Å²) < 4.78 is 21.0. The molecule has 5 atom stereocenters. The molecule has 0 spiro atoms. The second kappa shape index (κ2) is 13.8. The molecule has 35 heavy (non-hydrogen) atoms. The number of aliphatic carboxylic acids is 1. The van der Waals surface area contributed by atoms with E-state index in [2.05, 4.69) is 6.07 Å². The van der Waals surface area contributed by atoms with E-state index in [9.17, 15) is 19.8 Å². The lowest BCUT2D eigenvalue weighted by molar-refractivity contribution is -0.148. The van der Waals surface area contributed by atoms with Gasteiger partial charge < -0.3 is 34.3 Å². The Morgan fingerprint density at radius 1 is 1.09 bits per heavy atom. The van der Waals surface area contributed by atoms with Crippen molar-refractivity contribution >= 4 is 11.9 Å². The van der Waals surface area contributed by atoms with Crippen molar-refractivity contribution in [3.05, 3.63) is 29.3 Å². The first-order chi connectivity index (χ1) is 16.9. The number of rotatable bonds is 15. The third-order valence-electron chi connectivity index (χ3n) is 7.08. The molecule has 1 aromatic rings. The second-order valence-electron chi connectivity index (χ2n) is 9.40. The van der Waals surface area contributed by atoms with Crippen LogP contribution >= 0.6 is 0 Å². The highest BCUT2D eigenvalue weighted by atomic mass is 16.6. The predicted molar refractivity (Wildman–Crippen MR) is 126 cm³/mol. The van der Waals surface area contributed by atoms with Crippen LogP contribution in [-0.4, -0.2) is 79.1 Å². The van der Waals surface area contributed by atoms with Crippen molar-refractivity contribution in [3.8, 4) is 5.75 Å². The number of carboxylic acid groups (broad SMARTS) is 1. The predicted octanol–water partition coefficient (Wildman–Crippen LogP) is 1.99. The van der Waals surface area contributed by atoms with Crippen LogP contribution in [0.1, 0.15) is 43.7 Å². The second-order valence-corrected chi connectivity index (χ2v) is 9.40. The summed E-state index contributed by atoms with van der Waals surface area (Å²) in [6, 6.07) is 5.89. The van der Waals surface area contributed by atoms with E-state index in [1.165, 1.54) is 5.56 Å². The highest BCUT2D eigenvalue weighted by molar-refractivity contribution is 5.71. The first-order valence-electron chi connectivity index (χ1n) is 12.5. The molecule has 0 aromatic heterocycles. The van der Waals surface area contributed by atoms with Gasteiger partial charge in [-0.15, -0.1) is 0 Å². The van der Waals surface area contributed by atoms with E-state index >= 15 is 0 Å². The summed E-state index contributed by atoms with van der Waals surface area (Å²) in [6.07, 6.45) is 4.10. The van der Waals surface area contributed by atoms with Crippen LogP contribution in [0.5, 0.6) is 5.75 Å². The maximum Gasteiger partial charge on any atom is 0.344 e. The number of hydrogen-bond donors (Lipinski definition) is 3. The highest BCUT2D eigenvalue weighted by Crippen LogP contribution is 2.48. The Balaban J connectivity index is 1.43. The normalized spacial score (nSPS) is 23.9. The molecule has 0 unspecified atom stereocenters. The van der Waals surface area contributed by atoms with Crippen molar-refractivity contribution in [1.29, 1.82) is 0 Å². The van der Waals surface area contributed by atoms with Crippen LogP contribution in [0.3, 0.4) is 0 Å². The summed E-state index contributed by atoms with van der Waals surface area (Å²) in [6.45, 7) is 2.03. The zero-order chi connectivity index (χ0) is 25.2. The summed E-state index contributed by atoms with van der Waals surface area (Å²) in [4.78, 5) is 22.4. The molecular formula is C26H38O9. The van der Waals surface area contributed by atoms with Gasteiger partial charge in [-0.25, -0.2) is 9.59 Å². The Morgan fingerprint density at radius 2 is 1.86 bits per heavy atom. The number of aliphatic hydroxyl groups excluding tert-OH is 2. The molecule has 1 saturated carbocycles. The highest BCUT2D eigenvalue weighted by Gasteiger charge is 2.44. The molecule has 9 nitrogen and oxygen atoms in total. The van der Waals surface area contributed by atoms with Gasteiger partial charge >= 0.3 is 11.9 Å². The van der Waals surface area contributed by atoms with E-state index in [1.807, 2.05) is 19.1 Å². The fourth-order valence-corrected chi connectivity index (χ4v) is 5.30. The maximum absolute atomic E-state index is 12.1. The lowest BCUT2D eigenvalue weighted by atomic mass is 9.73. The maximum atomic E-state index is 12.1. The first-order valence-corrected chi connectivity index (χ1v) is 12.5. The van der Waals surface area contributed by atoms with Crippen LogP contribution in [0.15, 0.2) is 18.2 Å². The Labute approximate surface area is 206 Å². The minimum absolute atomic E-state index is 0.0732. The number of carbonyl (C=O) groups excluding carboxylic acids is 1. The van der Waals surface area contributed by atoms with Gasteiger partial charge in [-0.3, -0.25) is 0 Å². The number of benzene rings is 1. The van der Waals surface area contributed by atoms with E-state index in [4.69, 9.17) is 24.1 Å². The zero-order valence-electron chi connectivity index (χ0n) is 20.4. The number of aliphatic hydroxyl groups is 2. The molecule has 0 radical (unpaired) electrons. The molecule has 0 heterocycles.